The van der Waals surface area contributed by atoms with Crippen LogP contribution in [0.1, 0.15) is 60.8 Å². The maximum atomic E-state index is 13.2. The molecule has 9 heteroatoms. The van der Waals surface area contributed by atoms with Crippen molar-refractivity contribution in [3.05, 3.63) is 0 Å². The molecule has 2 heterocycles. The van der Waals surface area contributed by atoms with Crippen molar-refractivity contribution in [1.82, 2.24) is 10.2 Å². The van der Waals surface area contributed by atoms with E-state index in [1.54, 1.807) is 0 Å². The number of carbonyl (C=O) groups excluding carboxylic acids is 3. The molecular weight excluding hydrogens is 424 g/mol. The zero-order valence-electron chi connectivity index (χ0n) is 18.6. The molecule has 2 fully saturated rings. The predicted octanol–water partition coefficient (Wildman–Crippen LogP) is 2.98. The number of rotatable bonds is 6. The van der Waals surface area contributed by atoms with Crippen LogP contribution in [0.5, 0.6) is 0 Å². The molecule has 0 bridgehead atoms. The molecule has 2 rings (SSSR count). The van der Waals surface area contributed by atoms with Gasteiger partial charge in [0.2, 0.25) is 11.8 Å². The number of hydrogen-bond donors (Lipinski definition) is 2. The first-order valence-corrected chi connectivity index (χ1v) is 12.5. The van der Waals surface area contributed by atoms with Gasteiger partial charge in [-0.1, -0.05) is 59.7 Å². The van der Waals surface area contributed by atoms with Gasteiger partial charge in [-0.3, -0.25) is 14.4 Å². The average molecular weight is 459 g/mol. The van der Waals surface area contributed by atoms with Gasteiger partial charge in [0.15, 0.2) is 5.12 Å². The van der Waals surface area contributed by atoms with Crippen LogP contribution in [-0.4, -0.2) is 61.4 Å². The quantitative estimate of drug-likeness (QED) is 0.630. The highest BCUT2D eigenvalue weighted by molar-refractivity contribution is 8.14. The van der Waals surface area contributed by atoms with Gasteiger partial charge >= 0.3 is 5.97 Å². The fourth-order valence-corrected chi connectivity index (χ4v) is 6.38. The lowest BCUT2D eigenvalue weighted by Crippen LogP contribution is -2.55. The highest BCUT2D eigenvalue weighted by atomic mass is 32.2. The molecule has 6 atom stereocenters. The van der Waals surface area contributed by atoms with E-state index >= 15 is 0 Å². The van der Waals surface area contributed by atoms with E-state index in [0.29, 0.717) is 12.2 Å². The van der Waals surface area contributed by atoms with Crippen molar-refractivity contribution in [2.24, 2.45) is 17.3 Å². The molecule has 2 aliphatic heterocycles. The maximum absolute atomic E-state index is 13.2. The minimum Gasteiger partial charge on any atom is -0.480 e. The molecule has 0 aromatic carbocycles. The number of nitrogens with zero attached hydrogens (tertiary/aromatic N) is 1. The zero-order chi connectivity index (χ0) is 22.8. The minimum atomic E-state index is -1.01. The van der Waals surface area contributed by atoms with Gasteiger partial charge in [-0.15, -0.1) is 11.8 Å². The summed E-state index contributed by atoms with van der Waals surface area (Å²) in [6.45, 7) is 11.4. The molecule has 0 radical (unpaired) electrons. The summed E-state index contributed by atoms with van der Waals surface area (Å²) >= 11 is 2.54. The first-order valence-electron chi connectivity index (χ1n) is 10.6. The molecule has 2 saturated heterocycles. The maximum Gasteiger partial charge on any atom is 0.327 e. The van der Waals surface area contributed by atoms with Crippen LogP contribution in [0, 0.1) is 17.3 Å². The van der Waals surface area contributed by atoms with E-state index in [0.717, 1.165) is 24.6 Å². The lowest BCUT2D eigenvalue weighted by molar-refractivity contribution is -0.150. The topological polar surface area (TPSA) is 104 Å². The molecule has 170 valence electrons. The van der Waals surface area contributed by atoms with E-state index in [4.69, 9.17) is 0 Å². The Morgan fingerprint density at radius 2 is 1.93 bits per heavy atom. The van der Waals surface area contributed by atoms with Crippen molar-refractivity contribution in [2.75, 3.05) is 5.75 Å². The van der Waals surface area contributed by atoms with Crippen molar-refractivity contribution in [3.63, 3.8) is 0 Å². The summed E-state index contributed by atoms with van der Waals surface area (Å²) in [6, 6.07) is -1.63. The van der Waals surface area contributed by atoms with E-state index in [2.05, 4.69) is 5.32 Å². The SMILES string of the molecule is CC[C@H](C)[C@H](SC(=O)C(C)(C)C)C(=O)NC1CCC(C)C2SCC(C(=O)O)N2C1=O. The number of carbonyl (C=O) groups is 4. The summed E-state index contributed by atoms with van der Waals surface area (Å²) in [5.74, 6) is -1.20. The van der Waals surface area contributed by atoms with Gasteiger partial charge in [0, 0.05) is 11.2 Å². The zero-order valence-corrected chi connectivity index (χ0v) is 20.3. The summed E-state index contributed by atoms with van der Waals surface area (Å²) in [7, 11) is 0. The van der Waals surface area contributed by atoms with Crippen LogP contribution in [0.15, 0.2) is 0 Å². The van der Waals surface area contributed by atoms with Gasteiger partial charge in [0.25, 0.3) is 0 Å². The number of thioether (sulfide) groups is 2. The monoisotopic (exact) mass is 458 g/mol. The van der Waals surface area contributed by atoms with Crippen molar-refractivity contribution < 1.29 is 24.3 Å². The Hall–Kier alpha value is -1.22. The van der Waals surface area contributed by atoms with E-state index < -0.39 is 28.7 Å². The predicted molar refractivity (Wildman–Crippen MR) is 120 cm³/mol. The molecule has 2 amide bonds. The molecule has 4 unspecified atom stereocenters. The van der Waals surface area contributed by atoms with Crippen molar-refractivity contribution >= 4 is 46.4 Å². The number of carboxylic acid groups (broad SMARTS) is 1. The first kappa shape index (κ1) is 25.0. The second-order valence-corrected chi connectivity index (χ2v) is 11.7. The molecular formula is C21H34N2O5S2. The fraction of sp³-hybridized carbons (Fsp3) is 0.810. The van der Waals surface area contributed by atoms with Gasteiger partial charge in [0.1, 0.15) is 12.1 Å². The fourth-order valence-electron chi connectivity index (χ4n) is 3.63. The molecule has 2 N–H and O–H groups in total. The summed E-state index contributed by atoms with van der Waals surface area (Å²) in [6.07, 6.45) is 1.92. The van der Waals surface area contributed by atoms with Crippen LogP contribution in [0.25, 0.3) is 0 Å². The van der Waals surface area contributed by atoms with Gasteiger partial charge in [-0.25, -0.2) is 4.79 Å². The van der Waals surface area contributed by atoms with Crippen LogP contribution in [-0.2, 0) is 19.2 Å². The molecule has 30 heavy (non-hydrogen) atoms. The van der Waals surface area contributed by atoms with E-state index in [-0.39, 0.29) is 34.1 Å². The van der Waals surface area contributed by atoms with Gasteiger partial charge in [-0.05, 0) is 24.7 Å². The molecule has 0 aromatic rings. The van der Waals surface area contributed by atoms with Crippen LogP contribution in [0.3, 0.4) is 0 Å². The highest BCUT2D eigenvalue weighted by Gasteiger charge is 2.48. The van der Waals surface area contributed by atoms with Crippen LogP contribution < -0.4 is 5.32 Å². The Morgan fingerprint density at radius 3 is 2.47 bits per heavy atom. The van der Waals surface area contributed by atoms with E-state index in [1.165, 1.54) is 16.7 Å². The molecule has 0 spiro atoms. The number of aliphatic carboxylic acids is 1. The van der Waals surface area contributed by atoms with E-state index in [9.17, 15) is 24.3 Å². The van der Waals surface area contributed by atoms with Crippen molar-refractivity contribution in [2.45, 2.75) is 83.5 Å². The summed E-state index contributed by atoms with van der Waals surface area (Å²) in [5, 5.41) is 11.6. The average Bonchev–Trinajstić information content (AvgIpc) is 3.07. The number of amides is 2. The molecule has 2 aliphatic rings. The van der Waals surface area contributed by atoms with Crippen molar-refractivity contribution in [1.29, 1.82) is 0 Å². The van der Waals surface area contributed by atoms with Crippen LogP contribution in [0.2, 0.25) is 0 Å². The van der Waals surface area contributed by atoms with Gasteiger partial charge in [0.05, 0.1) is 10.6 Å². The lowest BCUT2D eigenvalue weighted by atomic mass is 9.99. The standard InChI is InChI=1S/C21H34N2O5S2/c1-7-11(2)15(30-20(28)21(4,5)6)16(24)22-13-9-8-12(3)18-23(17(13)25)14(10-29-18)19(26)27/h11-15,18H,7-10H2,1-6H3,(H,22,24)(H,26,27)/t11-,12?,13?,14?,15-,18?/m0/s1. The largest absolute Gasteiger partial charge is 0.480 e. The second kappa shape index (κ2) is 9.94. The number of hydrogen-bond acceptors (Lipinski definition) is 6. The lowest BCUT2D eigenvalue weighted by Gasteiger charge is -2.31. The third-order valence-corrected chi connectivity index (χ3v) is 9.15. The summed E-state index contributed by atoms with van der Waals surface area (Å²) in [5.41, 5.74) is -0.571. The van der Waals surface area contributed by atoms with Gasteiger partial charge in [-0.2, -0.15) is 0 Å². The molecule has 0 aromatic heterocycles. The number of carboxylic acids is 1. The molecule has 0 saturated carbocycles. The molecule has 0 aliphatic carbocycles. The third kappa shape index (κ3) is 5.52. The Morgan fingerprint density at radius 1 is 1.30 bits per heavy atom. The summed E-state index contributed by atoms with van der Waals surface area (Å²) < 4.78 is 0. The number of nitrogens with one attached hydrogen (secondary N) is 1. The third-order valence-electron chi connectivity index (χ3n) is 5.85. The number of fused-ring (bicyclic) bond motifs is 1. The minimum absolute atomic E-state index is 0.0389. The Kier molecular flexibility index (Phi) is 8.29. The normalized spacial score (nSPS) is 29.0. The Labute approximate surface area is 187 Å². The summed E-state index contributed by atoms with van der Waals surface area (Å²) in [4.78, 5) is 52.1. The highest BCUT2D eigenvalue weighted by Crippen LogP contribution is 2.39. The smallest absolute Gasteiger partial charge is 0.327 e. The van der Waals surface area contributed by atoms with Gasteiger partial charge < -0.3 is 15.3 Å². The second-order valence-electron chi connectivity index (χ2n) is 9.40. The van der Waals surface area contributed by atoms with Crippen LogP contribution >= 0.6 is 23.5 Å². The Balaban J connectivity index is 2.20. The van der Waals surface area contributed by atoms with Crippen molar-refractivity contribution in [3.8, 4) is 0 Å². The first-order chi connectivity index (χ1) is 13.9. The Bertz CT molecular complexity index is 693. The van der Waals surface area contributed by atoms with E-state index in [1.807, 2.05) is 41.5 Å². The molecule has 7 nitrogen and oxygen atoms in total. The van der Waals surface area contributed by atoms with Crippen LogP contribution in [0.4, 0.5) is 0 Å².